The number of carboxylic acid groups (broad SMARTS) is 2. The summed E-state index contributed by atoms with van der Waals surface area (Å²) in [6.45, 7) is 5.22. The van der Waals surface area contributed by atoms with Crippen LogP contribution in [0.5, 0.6) is 0 Å². The fraction of sp³-hybridized carbons (Fsp3) is 0.762. The number of rotatable bonds is 17. The van der Waals surface area contributed by atoms with Gasteiger partial charge in [-0.25, -0.2) is 4.79 Å². The molecule has 0 aliphatic heterocycles. The lowest BCUT2D eigenvalue weighted by atomic mass is 10.0. The van der Waals surface area contributed by atoms with E-state index >= 15 is 0 Å². The maximum absolute atomic E-state index is 12.9. The molecule has 5 atom stereocenters. The Hall–Kier alpha value is -2.77. The number of aliphatic hydroxyl groups excluding tert-OH is 1. The molecule has 13 heteroatoms. The fourth-order valence-electron chi connectivity index (χ4n) is 3.02. The van der Waals surface area contributed by atoms with Gasteiger partial charge in [-0.3, -0.25) is 19.2 Å². The summed E-state index contributed by atoms with van der Waals surface area (Å²) in [5.74, 6) is -4.92. The topological polar surface area (TPSA) is 234 Å². The van der Waals surface area contributed by atoms with Crippen LogP contribution in [0.4, 0.5) is 0 Å². The van der Waals surface area contributed by atoms with E-state index in [1.807, 2.05) is 0 Å². The Balaban J connectivity index is 5.58. The first-order chi connectivity index (χ1) is 15.8. The molecular weight excluding hydrogens is 450 g/mol. The normalized spacial score (nSPS) is 15.5. The highest BCUT2D eigenvalue weighted by Crippen LogP contribution is 2.08. The summed E-state index contributed by atoms with van der Waals surface area (Å²) >= 11 is 0. The summed E-state index contributed by atoms with van der Waals surface area (Å²) in [7, 11) is 0. The van der Waals surface area contributed by atoms with Gasteiger partial charge in [-0.05, 0) is 51.5 Å². The van der Waals surface area contributed by atoms with E-state index in [0.29, 0.717) is 19.4 Å². The van der Waals surface area contributed by atoms with Crippen LogP contribution in [0.15, 0.2) is 0 Å². The third-order valence-electron chi connectivity index (χ3n) is 5.00. The molecule has 0 saturated carbocycles. The van der Waals surface area contributed by atoms with Crippen molar-refractivity contribution in [3.63, 3.8) is 0 Å². The Morgan fingerprint density at radius 2 is 1.29 bits per heavy atom. The molecule has 0 aromatic rings. The number of nitrogens with one attached hydrogen (secondary N) is 3. The third-order valence-corrected chi connectivity index (χ3v) is 5.00. The predicted octanol–water partition coefficient (Wildman–Crippen LogP) is -1.73. The van der Waals surface area contributed by atoms with Gasteiger partial charge in [-0.2, -0.15) is 0 Å². The van der Waals surface area contributed by atoms with E-state index in [-0.39, 0.29) is 25.2 Å². The zero-order valence-corrected chi connectivity index (χ0v) is 20.0. The Bertz CT molecular complexity index is 701. The van der Waals surface area contributed by atoms with Crippen molar-refractivity contribution in [1.82, 2.24) is 16.0 Å². The van der Waals surface area contributed by atoms with Gasteiger partial charge in [-0.1, -0.05) is 13.8 Å². The molecule has 0 bridgehead atoms. The third kappa shape index (κ3) is 12.5. The summed E-state index contributed by atoms with van der Waals surface area (Å²) in [5.41, 5.74) is 11.1. The molecular formula is C21H39N5O8. The summed E-state index contributed by atoms with van der Waals surface area (Å²) in [4.78, 5) is 60.5. The largest absolute Gasteiger partial charge is 0.481 e. The first kappa shape index (κ1) is 31.2. The van der Waals surface area contributed by atoms with Crippen molar-refractivity contribution in [2.24, 2.45) is 17.4 Å². The number of unbranched alkanes of at least 4 members (excludes halogenated alkanes) is 1. The summed E-state index contributed by atoms with van der Waals surface area (Å²) in [5, 5.41) is 35.1. The average molecular weight is 490 g/mol. The Morgan fingerprint density at radius 3 is 1.74 bits per heavy atom. The van der Waals surface area contributed by atoms with E-state index in [1.54, 1.807) is 13.8 Å². The minimum atomic E-state index is -1.35. The molecule has 0 spiro atoms. The van der Waals surface area contributed by atoms with Gasteiger partial charge in [0.15, 0.2) is 0 Å². The van der Waals surface area contributed by atoms with Crippen LogP contribution in [0.3, 0.4) is 0 Å². The van der Waals surface area contributed by atoms with Gasteiger partial charge in [0.05, 0.1) is 6.10 Å². The standard InChI is InChI=1S/C21H39N5O8/c1-11(2)10-15(21(33)34)26-19(31)14(7-8-16(28)29)24-18(30)13(6-4-5-9-22)25-20(32)17(23)12(3)27/h11-15,17,27H,4-10,22-23H2,1-3H3,(H,24,30)(H,25,32)(H,26,31)(H,28,29)(H,33,34). The zero-order chi connectivity index (χ0) is 26.4. The zero-order valence-electron chi connectivity index (χ0n) is 20.0. The molecule has 0 aliphatic carbocycles. The maximum atomic E-state index is 12.9. The molecule has 0 radical (unpaired) electrons. The van der Waals surface area contributed by atoms with Crippen LogP contribution < -0.4 is 27.4 Å². The van der Waals surface area contributed by atoms with Crippen molar-refractivity contribution in [2.45, 2.75) is 89.6 Å². The van der Waals surface area contributed by atoms with E-state index in [0.717, 1.165) is 0 Å². The second kappa shape index (κ2) is 16.0. The van der Waals surface area contributed by atoms with Gasteiger partial charge < -0.3 is 42.7 Å². The minimum absolute atomic E-state index is 0.0475. The van der Waals surface area contributed by atoms with Gasteiger partial charge >= 0.3 is 11.9 Å². The second-order valence-electron chi connectivity index (χ2n) is 8.63. The van der Waals surface area contributed by atoms with Crippen molar-refractivity contribution < 1.29 is 39.3 Å². The van der Waals surface area contributed by atoms with Crippen LogP contribution in [0.1, 0.15) is 59.3 Å². The van der Waals surface area contributed by atoms with Crippen LogP contribution >= 0.6 is 0 Å². The van der Waals surface area contributed by atoms with E-state index in [2.05, 4.69) is 16.0 Å². The van der Waals surface area contributed by atoms with Gasteiger partial charge in [0, 0.05) is 6.42 Å². The first-order valence-electron chi connectivity index (χ1n) is 11.3. The van der Waals surface area contributed by atoms with Crippen LogP contribution in [-0.2, 0) is 24.0 Å². The number of carbonyl (C=O) groups is 5. The molecule has 0 aromatic carbocycles. The number of carbonyl (C=O) groups excluding carboxylic acids is 3. The van der Waals surface area contributed by atoms with Crippen molar-refractivity contribution in [3.05, 3.63) is 0 Å². The summed E-state index contributed by atoms with van der Waals surface area (Å²) in [6.07, 6.45) is -0.624. The van der Waals surface area contributed by atoms with Crippen LogP contribution in [0, 0.1) is 5.92 Å². The lowest BCUT2D eigenvalue weighted by Crippen LogP contribution is -2.58. The highest BCUT2D eigenvalue weighted by atomic mass is 16.4. The lowest BCUT2D eigenvalue weighted by molar-refractivity contribution is -0.143. The SMILES string of the molecule is CC(C)CC(NC(=O)C(CCC(=O)O)NC(=O)C(CCCCN)NC(=O)C(N)C(C)O)C(=O)O. The maximum Gasteiger partial charge on any atom is 0.326 e. The highest BCUT2D eigenvalue weighted by Gasteiger charge is 2.31. The number of hydrogen-bond acceptors (Lipinski definition) is 8. The number of nitrogens with two attached hydrogens (primary N) is 2. The van der Waals surface area contributed by atoms with Crippen molar-refractivity contribution in [2.75, 3.05) is 6.54 Å². The number of aliphatic hydroxyl groups is 1. The monoisotopic (exact) mass is 489 g/mol. The molecule has 13 nitrogen and oxygen atoms in total. The molecule has 34 heavy (non-hydrogen) atoms. The molecule has 0 fully saturated rings. The number of hydrogen-bond donors (Lipinski definition) is 8. The molecule has 3 amide bonds. The van der Waals surface area contributed by atoms with Crippen molar-refractivity contribution >= 4 is 29.7 Å². The van der Waals surface area contributed by atoms with Crippen LogP contribution in [-0.4, -0.2) is 81.8 Å². The smallest absolute Gasteiger partial charge is 0.326 e. The lowest BCUT2D eigenvalue weighted by Gasteiger charge is -2.25. The van der Waals surface area contributed by atoms with Gasteiger partial charge in [0.1, 0.15) is 24.2 Å². The number of aliphatic carboxylic acids is 2. The molecule has 0 aliphatic rings. The van der Waals surface area contributed by atoms with Crippen molar-refractivity contribution in [3.8, 4) is 0 Å². The first-order valence-corrected chi connectivity index (χ1v) is 11.3. The van der Waals surface area contributed by atoms with E-state index in [9.17, 15) is 34.2 Å². The van der Waals surface area contributed by atoms with E-state index in [1.165, 1.54) is 6.92 Å². The van der Waals surface area contributed by atoms with Crippen molar-refractivity contribution in [1.29, 1.82) is 0 Å². The Kier molecular flexibility index (Phi) is 14.7. The van der Waals surface area contributed by atoms with Gasteiger partial charge in [0.25, 0.3) is 0 Å². The summed E-state index contributed by atoms with van der Waals surface area (Å²) in [6, 6.07) is -4.99. The summed E-state index contributed by atoms with van der Waals surface area (Å²) < 4.78 is 0. The quantitative estimate of drug-likeness (QED) is 0.107. The molecule has 5 unspecified atom stereocenters. The van der Waals surface area contributed by atoms with Crippen LogP contribution in [0.2, 0.25) is 0 Å². The number of carboxylic acids is 2. The molecule has 0 saturated heterocycles. The van der Waals surface area contributed by atoms with Crippen LogP contribution in [0.25, 0.3) is 0 Å². The fourth-order valence-corrected chi connectivity index (χ4v) is 3.02. The Labute approximate surface area is 199 Å². The van der Waals surface area contributed by atoms with Gasteiger partial charge in [-0.15, -0.1) is 0 Å². The van der Waals surface area contributed by atoms with Gasteiger partial charge in [0.2, 0.25) is 17.7 Å². The predicted molar refractivity (Wildman–Crippen MR) is 122 cm³/mol. The minimum Gasteiger partial charge on any atom is -0.481 e. The second-order valence-corrected chi connectivity index (χ2v) is 8.63. The molecule has 196 valence electrons. The average Bonchev–Trinajstić information content (AvgIpc) is 2.73. The molecule has 0 aromatic heterocycles. The molecule has 0 rings (SSSR count). The molecule has 10 N–H and O–H groups in total. The number of amides is 3. The van der Waals surface area contributed by atoms with E-state index < -0.39 is 66.4 Å². The highest BCUT2D eigenvalue weighted by molar-refractivity contribution is 5.94. The Morgan fingerprint density at radius 1 is 0.794 bits per heavy atom. The van der Waals surface area contributed by atoms with E-state index in [4.69, 9.17) is 16.6 Å². The molecule has 0 heterocycles.